The van der Waals surface area contributed by atoms with Gasteiger partial charge in [0, 0.05) is 72.0 Å². The summed E-state index contributed by atoms with van der Waals surface area (Å²) in [5, 5.41) is 8.03. The van der Waals surface area contributed by atoms with Gasteiger partial charge in [0.1, 0.15) is 5.82 Å². The molecule has 0 aliphatic heterocycles. The SMILES string of the molecule is CC(C)(C)c1ccnc(-n2c3[c-]c(Oc4[c-]c(-n5[c-][n+]6c7ccccc7c7ccccc7n7c8ccccc8c8cccc(c87)c6c5)ccc4)ccc3c3ccccc32)c1.[Pt]. The van der Waals surface area contributed by atoms with E-state index in [4.69, 9.17) is 9.72 Å². The molecular formula is C54H37N5OPt-2. The Hall–Kier alpha value is -7.01. The van der Waals surface area contributed by atoms with Crippen LogP contribution < -0.4 is 9.14 Å². The van der Waals surface area contributed by atoms with Gasteiger partial charge in [-0.1, -0.05) is 117 Å². The molecule has 0 atom stereocenters. The maximum Gasteiger partial charge on any atom is 0.267 e. The number of para-hydroxylation sites is 5. The van der Waals surface area contributed by atoms with E-state index in [1.54, 1.807) is 0 Å². The fourth-order valence-electron chi connectivity index (χ4n) is 9.07. The molecule has 6 nitrogen and oxygen atoms in total. The van der Waals surface area contributed by atoms with Gasteiger partial charge in [-0.3, -0.25) is 4.40 Å². The predicted octanol–water partition coefficient (Wildman–Crippen LogP) is 12.6. The van der Waals surface area contributed by atoms with Crippen LogP contribution in [0.2, 0.25) is 0 Å². The number of fused-ring (bicyclic) bond motifs is 13. The summed E-state index contributed by atoms with van der Waals surface area (Å²) in [7, 11) is 0. The standard InChI is InChI=1S/C54H37N5O.Pt/c1-54(2,3)35-28-29-55-52(30-35)58-47-23-9-5-18-41(47)43-27-26-38(32-50(43)58)60-37-15-12-14-36(31-37)56-33-51-45-21-13-20-44-42-19-7-11-25-49(42)59(53(44)45)48-24-10-6-17-40(48)39-16-4-8-22-46(39)57(51)34-56;/h4-30,33H,1-3H3;/q-2;. The van der Waals surface area contributed by atoms with Crippen molar-refractivity contribution in [2.24, 2.45) is 0 Å². The summed E-state index contributed by atoms with van der Waals surface area (Å²) in [5.41, 5.74) is 9.49. The predicted molar refractivity (Wildman–Crippen MR) is 243 cm³/mol. The molecule has 0 amide bonds. The number of imidazole rings is 1. The van der Waals surface area contributed by atoms with E-state index in [1.807, 2.05) is 35.0 Å². The number of ether oxygens (including phenoxy) is 1. The van der Waals surface area contributed by atoms with Gasteiger partial charge in [-0.15, -0.1) is 29.7 Å². The van der Waals surface area contributed by atoms with E-state index in [1.165, 1.54) is 21.9 Å². The molecule has 5 heterocycles. The van der Waals surface area contributed by atoms with Gasteiger partial charge in [0.25, 0.3) is 6.33 Å². The third-order valence-corrected chi connectivity index (χ3v) is 11.9. The number of nitrogens with zero attached hydrogens (tertiary/aromatic N) is 5. The zero-order valence-electron chi connectivity index (χ0n) is 33.6. The zero-order valence-corrected chi connectivity index (χ0v) is 35.9. The van der Waals surface area contributed by atoms with Gasteiger partial charge in [0.15, 0.2) is 0 Å². The van der Waals surface area contributed by atoms with Gasteiger partial charge < -0.3 is 18.3 Å². The van der Waals surface area contributed by atoms with Crippen LogP contribution in [-0.2, 0) is 26.5 Å². The smallest absolute Gasteiger partial charge is 0.267 e. The van der Waals surface area contributed by atoms with Crippen LogP contribution in [0, 0.1) is 18.5 Å². The maximum absolute atomic E-state index is 6.61. The van der Waals surface area contributed by atoms with Crippen LogP contribution in [0.5, 0.6) is 11.5 Å². The second kappa shape index (κ2) is 14.0. The zero-order chi connectivity index (χ0) is 40.1. The molecule has 0 aliphatic carbocycles. The third-order valence-electron chi connectivity index (χ3n) is 11.9. The molecule has 0 saturated heterocycles. The number of aromatic nitrogens is 5. The molecule has 0 spiro atoms. The van der Waals surface area contributed by atoms with Crippen molar-refractivity contribution >= 4 is 76.3 Å². The number of benzene rings is 7. The Kier molecular flexibility index (Phi) is 8.52. The molecule has 0 saturated carbocycles. The van der Waals surface area contributed by atoms with Gasteiger partial charge in [0.2, 0.25) is 0 Å². The topological polar surface area (TPSA) is 40.5 Å². The first-order valence-electron chi connectivity index (χ1n) is 20.3. The molecule has 296 valence electrons. The van der Waals surface area contributed by atoms with Crippen molar-refractivity contribution in [1.29, 1.82) is 0 Å². The van der Waals surface area contributed by atoms with Crippen LogP contribution in [-0.4, -0.2) is 18.5 Å². The Balaban J connectivity index is 0.00000420. The molecule has 5 aromatic heterocycles. The first-order valence-corrected chi connectivity index (χ1v) is 20.3. The van der Waals surface area contributed by atoms with Crippen LogP contribution in [0.25, 0.3) is 87.8 Å². The van der Waals surface area contributed by atoms with Crippen molar-refractivity contribution in [2.75, 3.05) is 0 Å². The number of pyridine rings is 1. The van der Waals surface area contributed by atoms with Gasteiger partial charge in [-0.25, -0.2) is 4.98 Å². The molecular weight excluding hydrogens is 930 g/mol. The van der Waals surface area contributed by atoms with E-state index in [9.17, 15) is 0 Å². The largest absolute Gasteiger partial charge is 0.510 e. The first-order chi connectivity index (χ1) is 29.4. The fourth-order valence-corrected chi connectivity index (χ4v) is 9.07. The molecule has 7 heteroatoms. The Morgan fingerprint density at radius 1 is 0.557 bits per heavy atom. The summed E-state index contributed by atoms with van der Waals surface area (Å²) in [6.45, 7) is 6.67. The van der Waals surface area contributed by atoms with E-state index in [0.717, 1.165) is 71.5 Å². The third kappa shape index (κ3) is 5.81. The van der Waals surface area contributed by atoms with Crippen LogP contribution in [0.15, 0.2) is 170 Å². The van der Waals surface area contributed by atoms with E-state index >= 15 is 0 Å². The minimum atomic E-state index is -0.0237. The number of hydrogen-bond acceptors (Lipinski definition) is 2. The first kappa shape index (κ1) is 37.0. The Morgan fingerprint density at radius 2 is 1.18 bits per heavy atom. The second-order valence-corrected chi connectivity index (χ2v) is 16.5. The van der Waals surface area contributed by atoms with Crippen molar-refractivity contribution in [1.82, 2.24) is 18.5 Å². The van der Waals surface area contributed by atoms with Crippen molar-refractivity contribution < 1.29 is 30.2 Å². The Morgan fingerprint density at radius 3 is 1.95 bits per heavy atom. The molecule has 7 aromatic carbocycles. The van der Waals surface area contributed by atoms with Crippen molar-refractivity contribution in [3.63, 3.8) is 0 Å². The summed E-state index contributed by atoms with van der Waals surface area (Å²) < 4.78 is 15.5. The van der Waals surface area contributed by atoms with Gasteiger partial charge in [-0.2, -0.15) is 18.2 Å². The summed E-state index contributed by atoms with van der Waals surface area (Å²) in [4.78, 5) is 4.85. The maximum atomic E-state index is 6.61. The molecule has 0 fully saturated rings. The number of hydrogen-bond donors (Lipinski definition) is 0. The van der Waals surface area contributed by atoms with Crippen LogP contribution >= 0.6 is 0 Å². The summed E-state index contributed by atoms with van der Waals surface area (Å²) >= 11 is 0. The minimum absolute atomic E-state index is 0. The van der Waals surface area contributed by atoms with E-state index in [-0.39, 0.29) is 26.5 Å². The molecule has 0 bridgehead atoms. The van der Waals surface area contributed by atoms with E-state index in [0.29, 0.717) is 11.5 Å². The van der Waals surface area contributed by atoms with E-state index < -0.39 is 0 Å². The molecule has 0 aliphatic rings. The number of rotatable bonds is 4. The monoisotopic (exact) mass is 966 g/mol. The van der Waals surface area contributed by atoms with Crippen molar-refractivity contribution in [2.45, 2.75) is 26.2 Å². The average molecular weight is 967 g/mol. The molecule has 12 aromatic rings. The Bertz CT molecular complexity index is 3760. The summed E-state index contributed by atoms with van der Waals surface area (Å²) in [6, 6.07) is 62.6. The average Bonchev–Trinajstić information content (AvgIpc) is 3.97. The molecule has 0 radical (unpaired) electrons. The quantitative estimate of drug-likeness (QED) is 0.130. The van der Waals surface area contributed by atoms with Crippen molar-refractivity contribution in [3.05, 3.63) is 194 Å². The molecule has 12 rings (SSSR count). The molecule has 0 unspecified atom stereocenters. The van der Waals surface area contributed by atoms with Crippen LogP contribution in [0.3, 0.4) is 0 Å². The normalized spacial score (nSPS) is 12.0. The Labute approximate surface area is 366 Å². The van der Waals surface area contributed by atoms with Gasteiger partial charge in [-0.05, 0) is 63.8 Å². The summed E-state index contributed by atoms with van der Waals surface area (Å²) in [5.74, 6) is 2.02. The van der Waals surface area contributed by atoms with E-state index in [2.05, 4.69) is 192 Å². The van der Waals surface area contributed by atoms with Crippen molar-refractivity contribution in [3.8, 4) is 23.0 Å². The van der Waals surface area contributed by atoms with Gasteiger partial charge in [0.05, 0.1) is 27.6 Å². The summed E-state index contributed by atoms with van der Waals surface area (Å²) in [6.07, 6.45) is 7.79. The van der Waals surface area contributed by atoms with Crippen LogP contribution in [0.1, 0.15) is 26.3 Å². The molecule has 61 heavy (non-hydrogen) atoms. The minimum Gasteiger partial charge on any atom is -0.510 e. The fraction of sp³-hybridized carbons (Fsp3) is 0.0741. The molecule has 0 N–H and O–H groups in total. The second-order valence-electron chi connectivity index (χ2n) is 16.5. The van der Waals surface area contributed by atoms with Crippen LogP contribution in [0.4, 0.5) is 0 Å². The van der Waals surface area contributed by atoms with Gasteiger partial charge >= 0.3 is 0 Å².